The number of rotatable bonds is 6. The number of benzene rings is 9. The highest BCUT2D eigenvalue weighted by Gasteiger charge is 2.25. The van der Waals surface area contributed by atoms with E-state index in [1.54, 1.807) is 48.5 Å². The zero-order valence-electron chi connectivity index (χ0n) is 30.4. The standard InChI is InChI=1S/C50H28F4N2O2/c51-29-9-17-33(18-10-29)55(34-19-11-30(52)12-20-34)43-27-45-47(39-7-3-1-5-37(39)43)41-25-26-42-48-40-8-4-2-6-38(40)44(28-46(48)58-50(42)49(41)57-45)56(35-21-13-31(53)14-22-35)36-23-15-32(54)16-24-36/h1-28H. The Hall–Kier alpha value is -7.58. The lowest BCUT2D eigenvalue weighted by molar-refractivity contribution is 0.627. The van der Waals surface area contributed by atoms with Crippen LogP contribution in [-0.4, -0.2) is 0 Å². The van der Waals surface area contributed by atoms with Gasteiger partial charge >= 0.3 is 0 Å². The van der Waals surface area contributed by atoms with Gasteiger partial charge in [0.15, 0.2) is 11.2 Å². The quantitative estimate of drug-likeness (QED) is 0.158. The smallest absolute Gasteiger partial charge is 0.178 e. The van der Waals surface area contributed by atoms with Crippen LogP contribution < -0.4 is 9.80 Å². The molecule has 0 spiro atoms. The molecule has 0 aliphatic carbocycles. The molecule has 0 N–H and O–H groups in total. The van der Waals surface area contributed by atoms with Crippen LogP contribution in [0.1, 0.15) is 0 Å². The normalized spacial score (nSPS) is 11.8. The summed E-state index contributed by atoms with van der Waals surface area (Å²) in [7, 11) is 0. The Kier molecular flexibility index (Phi) is 7.56. The maximum absolute atomic E-state index is 14.2. The number of halogens is 4. The van der Waals surface area contributed by atoms with E-state index in [1.807, 2.05) is 70.5 Å². The molecule has 2 aromatic heterocycles. The Morgan fingerprint density at radius 1 is 0.310 bits per heavy atom. The van der Waals surface area contributed by atoms with Crippen LogP contribution in [0.25, 0.3) is 65.4 Å². The first-order valence-electron chi connectivity index (χ1n) is 18.7. The molecule has 11 aromatic rings. The van der Waals surface area contributed by atoms with Crippen LogP contribution in [0.15, 0.2) is 179 Å². The van der Waals surface area contributed by atoms with Crippen molar-refractivity contribution in [3.8, 4) is 0 Å². The van der Waals surface area contributed by atoms with Gasteiger partial charge in [0.25, 0.3) is 0 Å². The van der Waals surface area contributed by atoms with Gasteiger partial charge in [0.2, 0.25) is 0 Å². The van der Waals surface area contributed by atoms with E-state index >= 15 is 0 Å². The average Bonchev–Trinajstić information content (AvgIpc) is 3.82. The van der Waals surface area contributed by atoms with Gasteiger partial charge in [-0.1, -0.05) is 48.5 Å². The molecule has 58 heavy (non-hydrogen) atoms. The largest absolute Gasteiger partial charge is 0.452 e. The third kappa shape index (κ3) is 5.29. The van der Waals surface area contributed by atoms with E-state index in [2.05, 4.69) is 12.1 Å². The van der Waals surface area contributed by atoms with Crippen molar-refractivity contribution in [1.82, 2.24) is 0 Å². The van der Waals surface area contributed by atoms with Crippen LogP contribution in [-0.2, 0) is 0 Å². The first kappa shape index (κ1) is 33.7. The van der Waals surface area contributed by atoms with Crippen LogP contribution >= 0.6 is 0 Å². The fourth-order valence-electron chi connectivity index (χ4n) is 8.34. The molecule has 11 rings (SSSR count). The maximum atomic E-state index is 14.2. The molecule has 2 heterocycles. The predicted molar refractivity (Wildman–Crippen MR) is 225 cm³/mol. The van der Waals surface area contributed by atoms with Crippen molar-refractivity contribution in [1.29, 1.82) is 0 Å². The van der Waals surface area contributed by atoms with Crippen LogP contribution in [0.2, 0.25) is 0 Å². The van der Waals surface area contributed by atoms with Gasteiger partial charge in [-0.25, -0.2) is 17.6 Å². The van der Waals surface area contributed by atoms with E-state index in [4.69, 9.17) is 8.83 Å². The summed E-state index contributed by atoms with van der Waals surface area (Å²) in [5.74, 6) is -1.47. The lowest BCUT2D eigenvalue weighted by atomic mass is 9.99. The molecular weight excluding hydrogens is 737 g/mol. The molecule has 0 saturated carbocycles. The Morgan fingerprint density at radius 3 is 0.914 bits per heavy atom. The molecule has 0 aliphatic heterocycles. The molecule has 8 heteroatoms. The first-order valence-corrected chi connectivity index (χ1v) is 18.7. The molecule has 278 valence electrons. The minimum absolute atomic E-state index is 0.367. The first-order chi connectivity index (χ1) is 28.4. The second-order valence-electron chi connectivity index (χ2n) is 14.2. The van der Waals surface area contributed by atoms with Crippen molar-refractivity contribution in [2.75, 3.05) is 9.80 Å². The van der Waals surface area contributed by atoms with Gasteiger partial charge in [0, 0.05) is 67.2 Å². The van der Waals surface area contributed by atoms with Gasteiger partial charge in [-0.3, -0.25) is 0 Å². The summed E-state index contributed by atoms with van der Waals surface area (Å²) in [6.07, 6.45) is 0. The number of fused-ring (bicyclic) bond motifs is 11. The molecule has 0 aliphatic rings. The monoisotopic (exact) mass is 764 g/mol. The predicted octanol–water partition coefficient (Wildman–Crippen LogP) is 15.3. The number of anilines is 6. The topological polar surface area (TPSA) is 32.8 Å². The van der Waals surface area contributed by atoms with Gasteiger partial charge in [-0.15, -0.1) is 0 Å². The number of hydrogen-bond acceptors (Lipinski definition) is 4. The van der Waals surface area contributed by atoms with Crippen molar-refractivity contribution in [2.45, 2.75) is 0 Å². The summed E-state index contributed by atoms with van der Waals surface area (Å²) in [6.45, 7) is 0. The third-order valence-corrected chi connectivity index (χ3v) is 10.9. The molecular formula is C50H28F4N2O2. The lowest BCUT2D eigenvalue weighted by Gasteiger charge is -2.27. The van der Waals surface area contributed by atoms with Crippen LogP contribution in [0.3, 0.4) is 0 Å². The summed E-state index contributed by atoms with van der Waals surface area (Å²) in [5, 5.41) is 7.22. The van der Waals surface area contributed by atoms with Crippen molar-refractivity contribution < 1.29 is 26.4 Å². The minimum atomic E-state index is -0.367. The summed E-state index contributed by atoms with van der Waals surface area (Å²) >= 11 is 0. The Labute approximate surface area is 328 Å². The van der Waals surface area contributed by atoms with E-state index < -0.39 is 0 Å². The van der Waals surface area contributed by atoms with E-state index in [1.165, 1.54) is 48.5 Å². The molecule has 0 atom stereocenters. The van der Waals surface area contributed by atoms with Crippen molar-refractivity contribution in [3.63, 3.8) is 0 Å². The molecule has 0 amide bonds. The minimum Gasteiger partial charge on any atom is -0.452 e. The third-order valence-electron chi connectivity index (χ3n) is 10.9. The van der Waals surface area contributed by atoms with Crippen LogP contribution in [0.4, 0.5) is 51.7 Å². The van der Waals surface area contributed by atoms with Crippen molar-refractivity contribution >= 4 is 99.5 Å². The molecule has 0 bridgehead atoms. The van der Waals surface area contributed by atoms with E-state index in [0.29, 0.717) is 45.1 Å². The van der Waals surface area contributed by atoms with Gasteiger partial charge in [-0.2, -0.15) is 0 Å². The van der Waals surface area contributed by atoms with Crippen LogP contribution in [0, 0.1) is 23.3 Å². The molecule has 0 unspecified atom stereocenters. The van der Waals surface area contributed by atoms with Crippen LogP contribution in [0.5, 0.6) is 0 Å². The van der Waals surface area contributed by atoms with Gasteiger partial charge < -0.3 is 18.6 Å². The molecule has 4 nitrogen and oxygen atoms in total. The fourth-order valence-corrected chi connectivity index (χ4v) is 8.34. The molecule has 0 radical (unpaired) electrons. The fraction of sp³-hybridized carbons (Fsp3) is 0. The number of hydrogen-bond donors (Lipinski definition) is 0. The second kappa shape index (κ2) is 13.0. The second-order valence-corrected chi connectivity index (χ2v) is 14.2. The Bertz CT molecular complexity index is 3060. The summed E-state index contributed by atoms with van der Waals surface area (Å²) < 4.78 is 70.5. The lowest BCUT2D eigenvalue weighted by Crippen LogP contribution is -2.10. The Morgan fingerprint density at radius 2 is 0.603 bits per heavy atom. The van der Waals surface area contributed by atoms with Gasteiger partial charge in [-0.05, 0) is 120 Å². The van der Waals surface area contributed by atoms with E-state index in [0.717, 1.165) is 54.5 Å². The maximum Gasteiger partial charge on any atom is 0.178 e. The average molecular weight is 765 g/mol. The summed E-state index contributed by atoms with van der Waals surface area (Å²) in [6, 6.07) is 48.9. The van der Waals surface area contributed by atoms with E-state index in [-0.39, 0.29) is 23.3 Å². The SMILES string of the molecule is Fc1ccc(N(c2ccc(F)cc2)c2cc3oc4c(ccc5c4oc4cc(N(c6ccc(F)cc6)c6ccc(F)cc6)c6ccccc6c45)c3c3ccccc23)cc1. The van der Waals surface area contributed by atoms with Gasteiger partial charge in [0.05, 0.1) is 11.4 Å². The number of nitrogens with zero attached hydrogens (tertiary/aromatic N) is 2. The zero-order chi connectivity index (χ0) is 39.1. The highest BCUT2D eigenvalue weighted by atomic mass is 19.1. The molecule has 9 aromatic carbocycles. The highest BCUT2D eigenvalue weighted by molar-refractivity contribution is 6.29. The Balaban J connectivity index is 1.18. The summed E-state index contributed by atoms with van der Waals surface area (Å²) in [4.78, 5) is 3.93. The number of furan rings is 2. The van der Waals surface area contributed by atoms with Gasteiger partial charge in [0.1, 0.15) is 34.4 Å². The van der Waals surface area contributed by atoms with E-state index in [9.17, 15) is 17.6 Å². The summed E-state index contributed by atoms with van der Waals surface area (Å²) in [5.41, 5.74) is 6.62. The molecule has 0 saturated heterocycles. The molecule has 0 fully saturated rings. The van der Waals surface area contributed by atoms with Crippen molar-refractivity contribution in [2.24, 2.45) is 0 Å². The zero-order valence-corrected chi connectivity index (χ0v) is 30.4. The van der Waals surface area contributed by atoms with Crippen molar-refractivity contribution in [3.05, 3.63) is 193 Å². The highest BCUT2D eigenvalue weighted by Crippen LogP contribution is 2.49.